The molecular formula is C14H26N2O3. The summed E-state index contributed by atoms with van der Waals surface area (Å²) in [6, 6.07) is 0. The Bertz CT molecular complexity index is 316. The van der Waals surface area contributed by atoms with E-state index in [2.05, 4.69) is 5.32 Å². The molecule has 1 aliphatic rings. The Hall–Kier alpha value is -1.10. The summed E-state index contributed by atoms with van der Waals surface area (Å²) in [5, 5.41) is 12.7. The first-order chi connectivity index (χ1) is 8.94. The lowest BCUT2D eigenvalue weighted by molar-refractivity contribution is -0.135. The molecule has 19 heavy (non-hydrogen) atoms. The van der Waals surface area contributed by atoms with E-state index in [1.165, 1.54) is 0 Å². The molecule has 110 valence electrons. The number of amides is 2. The molecule has 0 aromatic heterocycles. The number of carbonyl (C=O) groups is 2. The summed E-state index contributed by atoms with van der Waals surface area (Å²) in [5.74, 6) is -0.125. The fraction of sp³-hybridized carbons (Fsp3) is 0.857. The molecule has 5 heteroatoms. The molecule has 0 aromatic carbocycles. The predicted octanol–water partition coefficient (Wildman–Crippen LogP) is 1.06. The molecule has 5 nitrogen and oxygen atoms in total. The van der Waals surface area contributed by atoms with Crippen molar-refractivity contribution in [3.05, 3.63) is 0 Å². The van der Waals surface area contributed by atoms with Crippen LogP contribution in [-0.2, 0) is 9.59 Å². The van der Waals surface area contributed by atoms with Gasteiger partial charge in [-0.3, -0.25) is 9.59 Å². The fourth-order valence-corrected chi connectivity index (χ4v) is 2.35. The van der Waals surface area contributed by atoms with Crippen molar-refractivity contribution in [1.29, 1.82) is 0 Å². The van der Waals surface area contributed by atoms with Gasteiger partial charge in [0.2, 0.25) is 11.8 Å². The summed E-state index contributed by atoms with van der Waals surface area (Å²) in [7, 11) is 0. The topological polar surface area (TPSA) is 69.6 Å². The largest absolute Gasteiger partial charge is 0.388 e. The van der Waals surface area contributed by atoms with Gasteiger partial charge in [-0.15, -0.1) is 0 Å². The van der Waals surface area contributed by atoms with Crippen molar-refractivity contribution in [2.45, 2.75) is 58.0 Å². The second kappa shape index (κ2) is 7.48. The molecule has 0 aromatic rings. The van der Waals surface area contributed by atoms with Crippen molar-refractivity contribution in [1.82, 2.24) is 10.2 Å². The van der Waals surface area contributed by atoms with E-state index in [0.29, 0.717) is 19.4 Å². The predicted molar refractivity (Wildman–Crippen MR) is 73.6 cm³/mol. The number of hydrogen-bond donors (Lipinski definition) is 2. The Kier molecular flexibility index (Phi) is 6.28. The van der Waals surface area contributed by atoms with Gasteiger partial charge >= 0.3 is 0 Å². The number of nitrogens with zero attached hydrogens (tertiary/aromatic N) is 1. The molecule has 0 aliphatic carbocycles. The molecule has 1 aliphatic heterocycles. The van der Waals surface area contributed by atoms with Gasteiger partial charge in [-0.2, -0.15) is 0 Å². The van der Waals surface area contributed by atoms with Crippen molar-refractivity contribution in [2.24, 2.45) is 0 Å². The van der Waals surface area contributed by atoms with Gasteiger partial charge in [0.05, 0.1) is 12.1 Å². The van der Waals surface area contributed by atoms with E-state index in [-0.39, 0.29) is 24.9 Å². The zero-order valence-electron chi connectivity index (χ0n) is 12.1. The molecule has 0 radical (unpaired) electrons. The second-order valence-corrected chi connectivity index (χ2v) is 5.65. The molecule has 0 saturated carbocycles. The van der Waals surface area contributed by atoms with Crippen LogP contribution in [0.2, 0.25) is 0 Å². The summed E-state index contributed by atoms with van der Waals surface area (Å²) in [6.07, 6.45) is 4.99. The first-order valence-corrected chi connectivity index (χ1v) is 7.21. The smallest absolute Gasteiger partial charge is 0.239 e. The highest BCUT2D eigenvalue weighted by Crippen LogP contribution is 2.11. The van der Waals surface area contributed by atoms with Crippen molar-refractivity contribution in [2.75, 3.05) is 19.6 Å². The number of carbonyl (C=O) groups excluding carboxylic acids is 2. The minimum atomic E-state index is -0.868. The minimum absolute atomic E-state index is 0.0629. The third-order valence-electron chi connectivity index (χ3n) is 3.46. The van der Waals surface area contributed by atoms with Gasteiger partial charge in [-0.1, -0.05) is 19.8 Å². The van der Waals surface area contributed by atoms with Crippen LogP contribution in [0.5, 0.6) is 0 Å². The maximum atomic E-state index is 11.8. The van der Waals surface area contributed by atoms with Crippen molar-refractivity contribution >= 4 is 11.8 Å². The quantitative estimate of drug-likeness (QED) is 0.758. The highest BCUT2D eigenvalue weighted by atomic mass is 16.3. The molecule has 1 saturated heterocycles. The normalized spacial score (nSPS) is 19.7. The van der Waals surface area contributed by atoms with E-state index in [9.17, 15) is 14.7 Å². The Morgan fingerprint density at radius 2 is 2.16 bits per heavy atom. The van der Waals surface area contributed by atoms with Gasteiger partial charge in [-0.25, -0.2) is 0 Å². The Morgan fingerprint density at radius 3 is 2.84 bits per heavy atom. The average molecular weight is 270 g/mol. The maximum Gasteiger partial charge on any atom is 0.239 e. The van der Waals surface area contributed by atoms with Crippen LogP contribution in [0.4, 0.5) is 0 Å². The molecule has 2 amide bonds. The van der Waals surface area contributed by atoms with Gasteiger partial charge in [0.15, 0.2) is 0 Å². The fourth-order valence-electron chi connectivity index (χ4n) is 2.35. The van der Waals surface area contributed by atoms with Crippen molar-refractivity contribution in [3.8, 4) is 0 Å². The lowest BCUT2D eigenvalue weighted by Crippen LogP contribution is -2.45. The van der Waals surface area contributed by atoms with E-state index in [1.54, 1.807) is 11.8 Å². The highest BCUT2D eigenvalue weighted by molar-refractivity contribution is 5.84. The molecule has 1 rings (SSSR count). The van der Waals surface area contributed by atoms with Crippen LogP contribution in [-0.4, -0.2) is 47.1 Å². The highest BCUT2D eigenvalue weighted by Gasteiger charge is 2.22. The van der Waals surface area contributed by atoms with Crippen LogP contribution >= 0.6 is 0 Å². The first kappa shape index (κ1) is 16.0. The molecule has 1 fully saturated rings. The summed E-state index contributed by atoms with van der Waals surface area (Å²) >= 11 is 0. The third-order valence-corrected chi connectivity index (χ3v) is 3.46. The molecule has 1 atom stereocenters. The molecule has 1 heterocycles. The Balaban J connectivity index is 2.35. The van der Waals surface area contributed by atoms with E-state index in [0.717, 1.165) is 25.7 Å². The number of rotatable bonds is 6. The number of aliphatic hydroxyl groups is 1. The molecule has 2 N–H and O–H groups in total. The van der Waals surface area contributed by atoms with E-state index < -0.39 is 5.60 Å². The zero-order chi connectivity index (χ0) is 14.3. The van der Waals surface area contributed by atoms with Crippen molar-refractivity contribution < 1.29 is 14.7 Å². The van der Waals surface area contributed by atoms with Crippen LogP contribution in [0, 0.1) is 0 Å². The molecular weight excluding hydrogens is 244 g/mol. The Labute approximate surface area is 115 Å². The molecule has 0 spiro atoms. The van der Waals surface area contributed by atoms with Gasteiger partial charge in [0.25, 0.3) is 0 Å². The molecule has 1 unspecified atom stereocenters. The van der Waals surface area contributed by atoms with Gasteiger partial charge in [-0.05, 0) is 26.2 Å². The number of hydrogen-bond acceptors (Lipinski definition) is 3. The Morgan fingerprint density at radius 1 is 1.42 bits per heavy atom. The average Bonchev–Trinajstić information content (AvgIpc) is 2.53. The lowest BCUT2D eigenvalue weighted by Gasteiger charge is -2.24. The van der Waals surface area contributed by atoms with Gasteiger partial charge in [0, 0.05) is 19.5 Å². The van der Waals surface area contributed by atoms with Crippen LogP contribution < -0.4 is 5.32 Å². The lowest BCUT2D eigenvalue weighted by atomic mass is 10.0. The van der Waals surface area contributed by atoms with Crippen LogP contribution in [0.15, 0.2) is 0 Å². The van der Waals surface area contributed by atoms with E-state index in [4.69, 9.17) is 0 Å². The summed E-state index contributed by atoms with van der Waals surface area (Å²) < 4.78 is 0. The summed E-state index contributed by atoms with van der Waals surface area (Å²) in [4.78, 5) is 25.2. The third kappa shape index (κ3) is 6.05. The molecule has 0 bridgehead atoms. The number of nitrogens with one attached hydrogen (secondary N) is 1. The maximum absolute atomic E-state index is 11.8. The van der Waals surface area contributed by atoms with Crippen LogP contribution in [0.3, 0.4) is 0 Å². The van der Waals surface area contributed by atoms with Gasteiger partial charge < -0.3 is 15.3 Å². The SMILES string of the molecule is CCCC(C)(O)CNC(=O)CN1CCCCCC1=O. The second-order valence-electron chi connectivity index (χ2n) is 5.65. The monoisotopic (exact) mass is 270 g/mol. The van der Waals surface area contributed by atoms with E-state index >= 15 is 0 Å². The first-order valence-electron chi connectivity index (χ1n) is 7.21. The van der Waals surface area contributed by atoms with Crippen LogP contribution in [0.1, 0.15) is 52.4 Å². The van der Waals surface area contributed by atoms with E-state index in [1.807, 2.05) is 6.92 Å². The summed E-state index contributed by atoms with van der Waals surface area (Å²) in [6.45, 7) is 4.72. The van der Waals surface area contributed by atoms with Crippen LogP contribution in [0.25, 0.3) is 0 Å². The zero-order valence-corrected chi connectivity index (χ0v) is 12.1. The standard InChI is InChI=1S/C14H26N2O3/c1-3-8-14(2,19)11-15-12(17)10-16-9-6-4-5-7-13(16)18/h19H,3-11H2,1-2H3,(H,15,17). The minimum Gasteiger partial charge on any atom is -0.388 e. The number of likely N-dealkylation sites (tertiary alicyclic amines) is 1. The van der Waals surface area contributed by atoms with Crippen molar-refractivity contribution in [3.63, 3.8) is 0 Å². The summed E-state index contributed by atoms with van der Waals surface area (Å²) in [5.41, 5.74) is -0.868. The van der Waals surface area contributed by atoms with Gasteiger partial charge in [0.1, 0.15) is 0 Å².